The Balaban J connectivity index is 1.19. The van der Waals surface area contributed by atoms with Gasteiger partial charge in [-0.1, -0.05) is 41.7 Å². The van der Waals surface area contributed by atoms with Gasteiger partial charge in [0.15, 0.2) is 0 Å². The molecule has 1 saturated heterocycles. The first kappa shape index (κ1) is 20.2. The highest BCUT2D eigenvalue weighted by Crippen LogP contribution is 2.42. The molecule has 2 heterocycles. The highest BCUT2D eigenvalue weighted by molar-refractivity contribution is 7.20. The van der Waals surface area contributed by atoms with Gasteiger partial charge in [0.2, 0.25) is 0 Å². The number of likely N-dealkylation sites (tertiary alicyclic amines) is 1. The fourth-order valence-electron chi connectivity index (χ4n) is 4.90. The Kier molecular flexibility index (Phi) is 5.74. The SMILES string of the molecule is O=C(CO)N1CCC2C1=CCCC2CCc1ccc(Oc2nc3ccccc3s2)cc1. The lowest BCUT2D eigenvalue weighted by molar-refractivity contribution is -0.131. The normalized spacial score (nSPS) is 20.5. The molecule has 0 radical (unpaired) electrons. The van der Waals surface area contributed by atoms with Crippen molar-refractivity contribution >= 4 is 27.5 Å². The maximum absolute atomic E-state index is 12.0. The number of carbonyl (C=O) groups excluding carboxylic acids is 1. The molecule has 5 rings (SSSR count). The number of fused-ring (bicyclic) bond motifs is 2. The summed E-state index contributed by atoms with van der Waals surface area (Å²) in [7, 11) is 0. The van der Waals surface area contributed by atoms with Crippen LogP contribution < -0.4 is 4.74 Å². The minimum Gasteiger partial charge on any atom is -0.431 e. The molecule has 2 unspecified atom stereocenters. The zero-order chi connectivity index (χ0) is 21.2. The van der Waals surface area contributed by atoms with E-state index in [1.807, 2.05) is 30.3 Å². The molecule has 160 valence electrons. The summed E-state index contributed by atoms with van der Waals surface area (Å²) in [6, 6.07) is 16.4. The van der Waals surface area contributed by atoms with Gasteiger partial charge in [-0.3, -0.25) is 4.79 Å². The lowest BCUT2D eigenvalue weighted by Crippen LogP contribution is -2.31. The van der Waals surface area contributed by atoms with E-state index in [2.05, 4.69) is 29.3 Å². The number of rotatable bonds is 6. The molecule has 2 aromatic carbocycles. The molecular weight excluding hydrogens is 408 g/mol. The maximum atomic E-state index is 12.0. The van der Waals surface area contributed by atoms with Crippen molar-refractivity contribution in [2.24, 2.45) is 11.8 Å². The van der Waals surface area contributed by atoms with Crippen molar-refractivity contribution in [3.63, 3.8) is 0 Å². The molecule has 0 saturated carbocycles. The van der Waals surface area contributed by atoms with E-state index in [0.717, 1.165) is 53.9 Å². The van der Waals surface area contributed by atoms with Crippen molar-refractivity contribution in [2.75, 3.05) is 13.2 Å². The third-order valence-corrected chi connectivity index (χ3v) is 7.37. The molecule has 1 N–H and O–H groups in total. The van der Waals surface area contributed by atoms with Gasteiger partial charge in [0.25, 0.3) is 11.1 Å². The molecule has 2 aliphatic rings. The topological polar surface area (TPSA) is 62.7 Å². The monoisotopic (exact) mass is 434 g/mol. The molecule has 1 amide bonds. The average molecular weight is 435 g/mol. The summed E-state index contributed by atoms with van der Waals surface area (Å²) >= 11 is 1.56. The average Bonchev–Trinajstić information content (AvgIpc) is 3.42. The largest absolute Gasteiger partial charge is 0.431 e. The number of hydrogen-bond donors (Lipinski definition) is 1. The van der Waals surface area contributed by atoms with Crippen LogP contribution in [0.4, 0.5) is 0 Å². The number of aromatic nitrogens is 1. The summed E-state index contributed by atoms with van der Waals surface area (Å²) in [6.45, 7) is 0.338. The van der Waals surface area contributed by atoms with E-state index in [1.165, 1.54) is 12.0 Å². The van der Waals surface area contributed by atoms with Crippen molar-refractivity contribution in [1.82, 2.24) is 9.88 Å². The summed E-state index contributed by atoms with van der Waals surface area (Å²) in [5, 5.41) is 9.89. The van der Waals surface area contributed by atoms with Crippen molar-refractivity contribution < 1.29 is 14.6 Å². The first-order valence-corrected chi connectivity index (χ1v) is 11.8. The zero-order valence-electron chi connectivity index (χ0n) is 17.4. The van der Waals surface area contributed by atoms with Gasteiger partial charge in [-0.15, -0.1) is 0 Å². The lowest BCUT2D eigenvalue weighted by Gasteiger charge is -2.30. The highest BCUT2D eigenvalue weighted by atomic mass is 32.1. The fourth-order valence-corrected chi connectivity index (χ4v) is 5.74. The van der Waals surface area contributed by atoms with Gasteiger partial charge in [-0.05, 0) is 67.9 Å². The summed E-state index contributed by atoms with van der Waals surface area (Å²) in [6.07, 6.45) is 7.53. The number of para-hydroxylation sites is 1. The Hall–Kier alpha value is -2.70. The van der Waals surface area contributed by atoms with Gasteiger partial charge < -0.3 is 14.7 Å². The molecule has 3 aromatic rings. The minimum atomic E-state index is -0.403. The molecule has 6 heteroatoms. The van der Waals surface area contributed by atoms with E-state index >= 15 is 0 Å². The Bertz CT molecular complexity index is 1070. The van der Waals surface area contributed by atoms with Crippen LogP contribution in [0.25, 0.3) is 10.2 Å². The van der Waals surface area contributed by atoms with E-state index < -0.39 is 6.61 Å². The number of aliphatic hydroxyl groups excluding tert-OH is 1. The number of thiazole rings is 1. The Morgan fingerprint density at radius 2 is 2.00 bits per heavy atom. The smallest absolute Gasteiger partial charge is 0.279 e. The highest BCUT2D eigenvalue weighted by Gasteiger charge is 2.37. The number of aliphatic hydroxyl groups is 1. The maximum Gasteiger partial charge on any atom is 0.279 e. The lowest BCUT2D eigenvalue weighted by atomic mass is 9.78. The second-order valence-electron chi connectivity index (χ2n) is 8.30. The predicted molar refractivity (Wildman–Crippen MR) is 122 cm³/mol. The number of aryl methyl sites for hydroxylation is 1. The van der Waals surface area contributed by atoms with Crippen LogP contribution in [-0.4, -0.2) is 34.0 Å². The number of hydrogen-bond acceptors (Lipinski definition) is 5. The second kappa shape index (κ2) is 8.81. The Labute approximate surface area is 186 Å². The van der Waals surface area contributed by atoms with E-state index in [9.17, 15) is 9.90 Å². The van der Waals surface area contributed by atoms with Crippen LogP contribution in [0, 0.1) is 11.8 Å². The number of amides is 1. The molecule has 31 heavy (non-hydrogen) atoms. The summed E-state index contributed by atoms with van der Waals surface area (Å²) in [5.41, 5.74) is 3.41. The van der Waals surface area contributed by atoms with E-state index in [1.54, 1.807) is 16.2 Å². The zero-order valence-corrected chi connectivity index (χ0v) is 18.2. The van der Waals surface area contributed by atoms with Gasteiger partial charge in [0.1, 0.15) is 12.4 Å². The molecule has 1 fully saturated rings. The first-order valence-electron chi connectivity index (χ1n) is 10.9. The van der Waals surface area contributed by atoms with Crippen LogP contribution in [0.15, 0.2) is 60.3 Å². The van der Waals surface area contributed by atoms with Gasteiger partial charge in [0.05, 0.1) is 10.2 Å². The quantitative estimate of drug-likeness (QED) is 0.582. The fraction of sp³-hybridized carbons (Fsp3) is 0.360. The van der Waals surface area contributed by atoms with E-state index in [4.69, 9.17) is 4.74 Å². The van der Waals surface area contributed by atoms with Gasteiger partial charge in [-0.25, -0.2) is 4.98 Å². The molecule has 0 spiro atoms. The Morgan fingerprint density at radius 1 is 1.16 bits per heavy atom. The number of ether oxygens (including phenoxy) is 1. The number of carbonyl (C=O) groups is 1. The standard InChI is InChI=1S/C25H26N2O3S/c28-16-24(29)27-15-14-20-18(4-3-6-22(20)27)11-8-17-9-12-19(13-10-17)30-25-26-21-5-1-2-7-23(21)31-25/h1-2,5-7,9-10,12-13,18,20,28H,3-4,8,11,14-16H2. The minimum absolute atomic E-state index is 0.168. The van der Waals surface area contributed by atoms with Crippen LogP contribution in [0.3, 0.4) is 0 Å². The van der Waals surface area contributed by atoms with Gasteiger partial charge >= 0.3 is 0 Å². The number of nitrogens with zero attached hydrogens (tertiary/aromatic N) is 2. The third-order valence-electron chi connectivity index (χ3n) is 6.46. The van der Waals surface area contributed by atoms with Crippen molar-refractivity contribution in [3.8, 4) is 10.9 Å². The molecule has 1 aromatic heterocycles. The van der Waals surface area contributed by atoms with Crippen molar-refractivity contribution in [2.45, 2.75) is 32.1 Å². The van der Waals surface area contributed by atoms with Gasteiger partial charge in [-0.2, -0.15) is 0 Å². The van der Waals surface area contributed by atoms with Crippen LogP contribution >= 0.6 is 11.3 Å². The third kappa shape index (κ3) is 4.23. The van der Waals surface area contributed by atoms with Crippen molar-refractivity contribution in [1.29, 1.82) is 0 Å². The molecule has 2 atom stereocenters. The van der Waals surface area contributed by atoms with Crippen molar-refractivity contribution in [3.05, 3.63) is 65.9 Å². The van der Waals surface area contributed by atoms with Crippen LogP contribution in [-0.2, 0) is 11.2 Å². The number of benzene rings is 2. The summed E-state index contributed by atoms with van der Waals surface area (Å²) in [5.74, 6) is 1.68. The molecule has 5 nitrogen and oxygen atoms in total. The predicted octanol–water partition coefficient (Wildman–Crippen LogP) is 5.16. The van der Waals surface area contributed by atoms with Crippen LogP contribution in [0.1, 0.15) is 31.2 Å². The van der Waals surface area contributed by atoms with Crippen LogP contribution in [0.5, 0.6) is 10.9 Å². The molecule has 1 aliphatic carbocycles. The molecule has 1 aliphatic heterocycles. The Morgan fingerprint density at radius 3 is 2.81 bits per heavy atom. The van der Waals surface area contributed by atoms with Crippen LogP contribution in [0.2, 0.25) is 0 Å². The molecular formula is C25H26N2O3S. The van der Waals surface area contributed by atoms with Gasteiger partial charge in [0, 0.05) is 18.2 Å². The molecule has 0 bridgehead atoms. The van der Waals surface area contributed by atoms with E-state index in [0.29, 0.717) is 17.0 Å². The summed E-state index contributed by atoms with van der Waals surface area (Å²) < 4.78 is 7.08. The number of allylic oxidation sites excluding steroid dienone is 2. The van der Waals surface area contributed by atoms with E-state index in [-0.39, 0.29) is 5.91 Å². The summed E-state index contributed by atoms with van der Waals surface area (Å²) in [4.78, 5) is 18.3. The second-order valence-corrected chi connectivity index (χ2v) is 9.29. The first-order chi connectivity index (χ1) is 15.2.